The van der Waals surface area contributed by atoms with Gasteiger partial charge in [0.25, 0.3) is 11.8 Å². The fourth-order valence-electron chi connectivity index (χ4n) is 2.55. The van der Waals surface area contributed by atoms with Crippen LogP contribution in [0.4, 0.5) is 5.69 Å². The Morgan fingerprint density at radius 2 is 1.70 bits per heavy atom. The lowest BCUT2D eigenvalue weighted by Gasteiger charge is -2.16. The van der Waals surface area contributed by atoms with Crippen LogP contribution in [0.5, 0.6) is 0 Å². The van der Waals surface area contributed by atoms with Crippen molar-refractivity contribution in [3.63, 3.8) is 0 Å². The molecule has 4 heteroatoms. The number of amides is 2. The Balaban J connectivity index is 1.78. The van der Waals surface area contributed by atoms with Crippen molar-refractivity contribution in [2.75, 3.05) is 5.32 Å². The topological polar surface area (TPSA) is 49.4 Å². The van der Waals surface area contributed by atoms with Crippen LogP contribution in [0.2, 0.25) is 0 Å². The maximum Gasteiger partial charge on any atom is 0.277 e. The Bertz CT molecular complexity index is 794. The molecule has 0 bridgehead atoms. The highest BCUT2D eigenvalue weighted by Gasteiger charge is 2.31. The van der Waals surface area contributed by atoms with Crippen LogP contribution in [0, 0.1) is 13.8 Å². The van der Waals surface area contributed by atoms with Crippen LogP contribution in [-0.4, -0.2) is 16.7 Å². The molecule has 23 heavy (non-hydrogen) atoms. The average Bonchev–Trinajstić information content (AvgIpc) is 2.80. The van der Waals surface area contributed by atoms with Gasteiger partial charge in [-0.3, -0.25) is 14.5 Å². The Kier molecular flexibility index (Phi) is 3.98. The van der Waals surface area contributed by atoms with Crippen LogP contribution in [0.25, 0.3) is 0 Å². The zero-order chi connectivity index (χ0) is 16.4. The van der Waals surface area contributed by atoms with Crippen LogP contribution in [-0.2, 0) is 16.1 Å². The van der Waals surface area contributed by atoms with E-state index in [2.05, 4.69) is 5.32 Å². The lowest BCUT2D eigenvalue weighted by Crippen LogP contribution is -2.31. The summed E-state index contributed by atoms with van der Waals surface area (Å²) in [6.45, 7) is 4.28. The third kappa shape index (κ3) is 3.01. The molecule has 0 spiro atoms. The molecular formula is C19H18N2O2. The first-order chi connectivity index (χ1) is 11.1. The number of hydrogen-bond acceptors (Lipinski definition) is 3. The third-order valence-electron chi connectivity index (χ3n) is 4.07. The van der Waals surface area contributed by atoms with E-state index < -0.39 is 0 Å². The smallest absolute Gasteiger partial charge is 0.277 e. The van der Waals surface area contributed by atoms with Gasteiger partial charge < -0.3 is 5.32 Å². The molecule has 0 aliphatic carbocycles. The first-order valence-electron chi connectivity index (χ1n) is 7.51. The van der Waals surface area contributed by atoms with Gasteiger partial charge in [-0.05, 0) is 36.6 Å². The van der Waals surface area contributed by atoms with Gasteiger partial charge in [-0.25, -0.2) is 0 Å². The van der Waals surface area contributed by atoms with Gasteiger partial charge in [-0.15, -0.1) is 0 Å². The Hall–Kier alpha value is -2.88. The van der Waals surface area contributed by atoms with Crippen molar-refractivity contribution in [3.8, 4) is 0 Å². The minimum atomic E-state index is -0.292. The van der Waals surface area contributed by atoms with Gasteiger partial charge in [0.1, 0.15) is 5.70 Å². The normalized spacial score (nSPS) is 14.2. The lowest BCUT2D eigenvalue weighted by molar-refractivity contribution is -0.137. The molecule has 0 saturated carbocycles. The van der Waals surface area contributed by atoms with E-state index in [0.29, 0.717) is 5.70 Å². The predicted octanol–water partition coefficient (Wildman–Crippen LogP) is 3.17. The number of carbonyl (C=O) groups excluding carboxylic acids is 2. The van der Waals surface area contributed by atoms with Crippen molar-refractivity contribution in [1.82, 2.24) is 4.90 Å². The van der Waals surface area contributed by atoms with E-state index in [1.54, 1.807) is 0 Å². The zero-order valence-electron chi connectivity index (χ0n) is 13.2. The molecule has 2 aromatic rings. The largest absolute Gasteiger partial charge is 0.351 e. The summed E-state index contributed by atoms with van der Waals surface area (Å²) in [6.07, 6.45) is 1.37. The van der Waals surface area contributed by atoms with Gasteiger partial charge >= 0.3 is 0 Å². The molecule has 0 unspecified atom stereocenters. The summed E-state index contributed by atoms with van der Waals surface area (Å²) in [6, 6.07) is 15.3. The van der Waals surface area contributed by atoms with Crippen LogP contribution in [0.15, 0.2) is 60.3 Å². The van der Waals surface area contributed by atoms with E-state index in [-0.39, 0.29) is 18.4 Å². The number of aryl methyl sites for hydroxylation is 1. The molecule has 1 N–H and O–H groups in total. The van der Waals surface area contributed by atoms with Crippen molar-refractivity contribution < 1.29 is 9.59 Å². The van der Waals surface area contributed by atoms with Crippen molar-refractivity contribution >= 4 is 17.5 Å². The summed E-state index contributed by atoms with van der Waals surface area (Å²) in [7, 11) is 0. The quantitative estimate of drug-likeness (QED) is 0.883. The first kappa shape index (κ1) is 15.0. The van der Waals surface area contributed by atoms with Gasteiger partial charge in [-0.1, -0.05) is 42.5 Å². The number of anilines is 1. The van der Waals surface area contributed by atoms with Gasteiger partial charge in [-0.2, -0.15) is 0 Å². The summed E-state index contributed by atoms with van der Waals surface area (Å²) in [5, 5.41) is 3.09. The Labute approximate surface area is 135 Å². The monoisotopic (exact) mass is 306 g/mol. The van der Waals surface area contributed by atoms with Gasteiger partial charge in [0.05, 0.1) is 6.54 Å². The molecule has 0 saturated heterocycles. The number of benzene rings is 2. The number of imide groups is 1. The molecule has 4 nitrogen and oxygen atoms in total. The molecule has 2 aromatic carbocycles. The second-order valence-corrected chi connectivity index (χ2v) is 5.65. The molecule has 116 valence electrons. The van der Waals surface area contributed by atoms with Gasteiger partial charge in [0.2, 0.25) is 0 Å². The fourth-order valence-corrected chi connectivity index (χ4v) is 2.55. The second-order valence-electron chi connectivity index (χ2n) is 5.65. The number of rotatable bonds is 4. The summed E-state index contributed by atoms with van der Waals surface area (Å²) in [5.74, 6) is -0.577. The van der Waals surface area contributed by atoms with E-state index in [4.69, 9.17) is 0 Å². The van der Waals surface area contributed by atoms with Crippen LogP contribution < -0.4 is 5.32 Å². The predicted molar refractivity (Wildman–Crippen MR) is 89.6 cm³/mol. The maximum atomic E-state index is 12.5. The number of hydrogen-bond donors (Lipinski definition) is 1. The third-order valence-corrected chi connectivity index (χ3v) is 4.07. The summed E-state index contributed by atoms with van der Waals surface area (Å²) in [4.78, 5) is 25.9. The Morgan fingerprint density at radius 1 is 0.957 bits per heavy atom. The van der Waals surface area contributed by atoms with E-state index >= 15 is 0 Å². The minimum Gasteiger partial charge on any atom is -0.351 e. The van der Waals surface area contributed by atoms with Crippen molar-refractivity contribution in [2.45, 2.75) is 20.4 Å². The van der Waals surface area contributed by atoms with E-state index in [1.807, 2.05) is 62.4 Å². The number of nitrogens with zero attached hydrogens (tertiary/aromatic N) is 1. The number of nitrogens with one attached hydrogen (secondary N) is 1. The molecule has 0 aromatic heterocycles. The number of carbonyl (C=O) groups is 2. The molecule has 3 rings (SSSR count). The van der Waals surface area contributed by atoms with E-state index in [1.165, 1.54) is 11.0 Å². The van der Waals surface area contributed by atoms with E-state index in [0.717, 1.165) is 22.4 Å². The zero-order valence-corrected chi connectivity index (χ0v) is 13.2. The molecule has 1 aliphatic heterocycles. The fraction of sp³-hybridized carbons (Fsp3) is 0.158. The molecule has 2 amide bonds. The van der Waals surface area contributed by atoms with Crippen molar-refractivity contribution in [3.05, 3.63) is 77.0 Å². The van der Waals surface area contributed by atoms with Gasteiger partial charge in [0, 0.05) is 11.8 Å². The lowest BCUT2D eigenvalue weighted by atomic mass is 10.1. The molecule has 0 radical (unpaired) electrons. The molecule has 0 atom stereocenters. The Morgan fingerprint density at radius 3 is 2.43 bits per heavy atom. The van der Waals surface area contributed by atoms with Crippen molar-refractivity contribution in [2.24, 2.45) is 0 Å². The summed E-state index contributed by atoms with van der Waals surface area (Å²) in [5.41, 5.74) is 4.29. The van der Waals surface area contributed by atoms with Crippen LogP contribution in [0.3, 0.4) is 0 Å². The van der Waals surface area contributed by atoms with Crippen LogP contribution in [0.1, 0.15) is 16.7 Å². The van der Waals surface area contributed by atoms with Gasteiger partial charge in [0.15, 0.2) is 0 Å². The highest BCUT2D eigenvalue weighted by atomic mass is 16.2. The summed E-state index contributed by atoms with van der Waals surface area (Å²) >= 11 is 0. The maximum absolute atomic E-state index is 12.5. The molecular weight excluding hydrogens is 288 g/mol. The molecule has 1 aliphatic rings. The summed E-state index contributed by atoms with van der Waals surface area (Å²) < 4.78 is 0. The minimum absolute atomic E-state index is 0.285. The standard InChI is InChI=1S/C19H18N2O2/c1-13-7-6-10-16(14(13)2)20-17-11-18(22)21(19(17)23)12-15-8-4-3-5-9-15/h3-11,20H,12H2,1-2H3. The first-order valence-corrected chi connectivity index (χ1v) is 7.51. The van der Waals surface area contributed by atoms with Crippen molar-refractivity contribution in [1.29, 1.82) is 0 Å². The molecule has 1 heterocycles. The SMILES string of the molecule is Cc1cccc(NC2=CC(=O)N(Cc3ccccc3)C2=O)c1C. The van der Waals surface area contributed by atoms with Crippen LogP contribution >= 0.6 is 0 Å². The molecule has 0 fully saturated rings. The second kappa shape index (κ2) is 6.08. The highest BCUT2D eigenvalue weighted by Crippen LogP contribution is 2.23. The van der Waals surface area contributed by atoms with E-state index in [9.17, 15) is 9.59 Å². The average molecular weight is 306 g/mol. The highest BCUT2D eigenvalue weighted by molar-refractivity contribution is 6.17.